The predicted molar refractivity (Wildman–Crippen MR) is 76.3 cm³/mol. The molecule has 0 radical (unpaired) electrons. The lowest BCUT2D eigenvalue weighted by Crippen LogP contribution is -2.40. The van der Waals surface area contributed by atoms with Gasteiger partial charge in [0.25, 0.3) is 5.91 Å². The van der Waals surface area contributed by atoms with Gasteiger partial charge in [0.2, 0.25) is 5.91 Å². The van der Waals surface area contributed by atoms with Crippen molar-refractivity contribution < 1.29 is 9.59 Å². The van der Waals surface area contributed by atoms with Gasteiger partial charge in [0.05, 0.1) is 12.2 Å². The van der Waals surface area contributed by atoms with E-state index in [0.29, 0.717) is 18.6 Å². The zero-order valence-corrected chi connectivity index (χ0v) is 12.3. The van der Waals surface area contributed by atoms with Crippen LogP contribution in [0, 0.1) is 0 Å². The Hall–Kier alpha value is -2.18. The van der Waals surface area contributed by atoms with Gasteiger partial charge in [-0.2, -0.15) is 10.2 Å². The van der Waals surface area contributed by atoms with E-state index in [1.807, 2.05) is 24.3 Å². The Labute approximate surface area is 123 Å². The summed E-state index contributed by atoms with van der Waals surface area (Å²) in [4.78, 5) is 26.0. The minimum atomic E-state index is -0.0549. The number of amides is 2. The molecular formula is C14H19N5O2. The largest absolute Gasteiger partial charge is 0.330 e. The van der Waals surface area contributed by atoms with Crippen molar-refractivity contribution in [2.75, 3.05) is 13.6 Å². The van der Waals surface area contributed by atoms with Crippen LogP contribution in [0.25, 0.3) is 0 Å². The number of hydrazone groups is 1. The van der Waals surface area contributed by atoms with Crippen molar-refractivity contribution in [1.82, 2.24) is 19.7 Å². The topological polar surface area (TPSA) is 70.8 Å². The highest BCUT2D eigenvalue weighted by molar-refractivity contribution is 6.39. The number of hydrogen-bond donors (Lipinski definition) is 0. The first-order valence-electron chi connectivity index (χ1n) is 7.20. The van der Waals surface area contributed by atoms with E-state index in [9.17, 15) is 9.59 Å². The highest BCUT2D eigenvalue weighted by atomic mass is 16.2. The molecule has 7 heteroatoms. The lowest BCUT2D eigenvalue weighted by atomic mass is 10.1. The monoisotopic (exact) mass is 289 g/mol. The molecule has 1 aromatic heterocycles. The summed E-state index contributed by atoms with van der Waals surface area (Å²) in [6.45, 7) is 0.731. The third-order valence-electron chi connectivity index (χ3n) is 4.08. The van der Waals surface area contributed by atoms with Crippen LogP contribution < -0.4 is 0 Å². The van der Waals surface area contributed by atoms with E-state index in [-0.39, 0.29) is 17.9 Å². The first kappa shape index (κ1) is 13.8. The van der Waals surface area contributed by atoms with Gasteiger partial charge in [-0.05, 0) is 12.8 Å². The minimum Gasteiger partial charge on any atom is -0.330 e. The van der Waals surface area contributed by atoms with E-state index in [1.54, 1.807) is 11.7 Å². The van der Waals surface area contributed by atoms with Crippen molar-refractivity contribution in [2.24, 2.45) is 12.1 Å². The van der Waals surface area contributed by atoms with Gasteiger partial charge in [0, 0.05) is 45.2 Å². The molecule has 0 spiro atoms. The second kappa shape index (κ2) is 5.31. The number of nitrogens with zero attached hydrogens (tertiary/aromatic N) is 5. The third-order valence-corrected chi connectivity index (χ3v) is 4.08. The van der Waals surface area contributed by atoms with Crippen molar-refractivity contribution in [3.8, 4) is 0 Å². The average molecular weight is 289 g/mol. The van der Waals surface area contributed by atoms with E-state index < -0.39 is 0 Å². The maximum atomic E-state index is 12.7. The van der Waals surface area contributed by atoms with Crippen molar-refractivity contribution in [3.63, 3.8) is 0 Å². The Bertz CT molecular complexity index is 606. The van der Waals surface area contributed by atoms with E-state index in [2.05, 4.69) is 10.2 Å². The van der Waals surface area contributed by atoms with Crippen LogP contribution in [0.2, 0.25) is 0 Å². The number of rotatable bonds is 2. The molecule has 21 heavy (non-hydrogen) atoms. The van der Waals surface area contributed by atoms with Crippen molar-refractivity contribution in [3.05, 3.63) is 18.0 Å². The minimum absolute atomic E-state index is 0.0446. The standard InChI is InChI=1S/C14H19N5O2/c1-17-9-10(8-15-17)12-4-3-7-19(12)14(21)11-5-6-13(20)18(2)16-11/h8-9,12H,3-7H2,1-2H3. The normalized spacial score (nSPS) is 22.7. The number of carbonyl (C=O) groups excluding carboxylic acids is 2. The Kier molecular flexibility index (Phi) is 3.48. The smallest absolute Gasteiger partial charge is 0.270 e. The molecule has 0 aliphatic carbocycles. The van der Waals surface area contributed by atoms with Crippen LogP contribution >= 0.6 is 0 Å². The Morgan fingerprint density at radius 3 is 2.81 bits per heavy atom. The summed E-state index contributed by atoms with van der Waals surface area (Å²) in [5, 5.41) is 9.58. The quantitative estimate of drug-likeness (QED) is 0.804. The first-order valence-corrected chi connectivity index (χ1v) is 7.20. The van der Waals surface area contributed by atoms with Crippen LogP contribution in [-0.4, -0.2) is 50.8 Å². The summed E-state index contributed by atoms with van der Waals surface area (Å²) >= 11 is 0. The second-order valence-electron chi connectivity index (χ2n) is 5.57. The summed E-state index contributed by atoms with van der Waals surface area (Å²) in [6, 6.07) is 0.0665. The predicted octanol–water partition coefficient (Wildman–Crippen LogP) is 0.692. The molecule has 3 heterocycles. The van der Waals surface area contributed by atoms with Crippen LogP contribution in [0.5, 0.6) is 0 Å². The summed E-state index contributed by atoms with van der Waals surface area (Å²) in [6.07, 6.45) is 6.47. The van der Waals surface area contributed by atoms with E-state index in [4.69, 9.17) is 0 Å². The summed E-state index contributed by atoms with van der Waals surface area (Å²) in [5.41, 5.74) is 1.54. The Morgan fingerprint density at radius 1 is 1.33 bits per heavy atom. The number of hydrogen-bond acceptors (Lipinski definition) is 4. The molecule has 0 N–H and O–H groups in total. The van der Waals surface area contributed by atoms with Crippen molar-refractivity contribution >= 4 is 17.5 Å². The molecule has 0 saturated carbocycles. The molecule has 2 aliphatic heterocycles. The van der Waals surface area contributed by atoms with Gasteiger partial charge < -0.3 is 4.90 Å². The molecule has 112 valence electrons. The summed E-state index contributed by atoms with van der Waals surface area (Å²) in [7, 11) is 3.47. The maximum absolute atomic E-state index is 12.7. The molecule has 3 rings (SSSR count). The van der Waals surface area contributed by atoms with E-state index in [1.165, 1.54) is 5.01 Å². The maximum Gasteiger partial charge on any atom is 0.270 e. The number of aryl methyl sites for hydroxylation is 1. The lowest BCUT2D eigenvalue weighted by Gasteiger charge is -2.27. The molecule has 1 fully saturated rings. The number of likely N-dealkylation sites (tertiary alicyclic amines) is 1. The van der Waals surface area contributed by atoms with Gasteiger partial charge in [0.15, 0.2) is 0 Å². The molecule has 0 bridgehead atoms. The molecule has 1 atom stereocenters. The van der Waals surface area contributed by atoms with Gasteiger partial charge >= 0.3 is 0 Å². The highest BCUT2D eigenvalue weighted by Gasteiger charge is 2.34. The third kappa shape index (κ3) is 2.55. The van der Waals surface area contributed by atoms with Gasteiger partial charge in [-0.3, -0.25) is 14.3 Å². The highest BCUT2D eigenvalue weighted by Crippen LogP contribution is 2.32. The van der Waals surface area contributed by atoms with Crippen LogP contribution in [0.1, 0.15) is 37.3 Å². The van der Waals surface area contributed by atoms with E-state index >= 15 is 0 Å². The van der Waals surface area contributed by atoms with E-state index in [0.717, 1.165) is 24.9 Å². The fourth-order valence-electron chi connectivity index (χ4n) is 2.96. The lowest BCUT2D eigenvalue weighted by molar-refractivity contribution is -0.130. The van der Waals surface area contributed by atoms with Gasteiger partial charge in [-0.15, -0.1) is 0 Å². The zero-order chi connectivity index (χ0) is 15.0. The molecule has 1 aromatic rings. The fraction of sp³-hybridized carbons (Fsp3) is 0.571. The molecule has 2 amide bonds. The fourth-order valence-corrected chi connectivity index (χ4v) is 2.96. The van der Waals surface area contributed by atoms with Crippen LogP contribution in [0.3, 0.4) is 0 Å². The van der Waals surface area contributed by atoms with Crippen molar-refractivity contribution in [2.45, 2.75) is 31.7 Å². The Balaban J connectivity index is 1.80. The molecule has 1 saturated heterocycles. The van der Waals surface area contributed by atoms with Gasteiger partial charge in [-0.25, -0.2) is 5.01 Å². The van der Waals surface area contributed by atoms with Crippen LogP contribution in [0.15, 0.2) is 17.5 Å². The van der Waals surface area contributed by atoms with Gasteiger partial charge in [-0.1, -0.05) is 0 Å². The van der Waals surface area contributed by atoms with Crippen LogP contribution in [-0.2, 0) is 16.6 Å². The van der Waals surface area contributed by atoms with Crippen molar-refractivity contribution in [1.29, 1.82) is 0 Å². The first-order chi connectivity index (χ1) is 10.1. The number of aromatic nitrogens is 2. The molecule has 1 unspecified atom stereocenters. The second-order valence-corrected chi connectivity index (χ2v) is 5.57. The molecule has 7 nitrogen and oxygen atoms in total. The SMILES string of the molecule is CN1N=C(C(=O)N2CCCC2c2cnn(C)c2)CCC1=O. The number of carbonyl (C=O) groups is 2. The zero-order valence-electron chi connectivity index (χ0n) is 12.3. The molecular weight excluding hydrogens is 270 g/mol. The Morgan fingerprint density at radius 2 is 2.14 bits per heavy atom. The average Bonchev–Trinajstić information content (AvgIpc) is 3.09. The molecule has 0 aromatic carbocycles. The molecule has 2 aliphatic rings. The van der Waals surface area contributed by atoms with Gasteiger partial charge in [0.1, 0.15) is 5.71 Å². The summed E-state index contributed by atoms with van der Waals surface area (Å²) in [5.74, 6) is -0.0996. The van der Waals surface area contributed by atoms with Crippen LogP contribution in [0.4, 0.5) is 0 Å². The summed E-state index contributed by atoms with van der Waals surface area (Å²) < 4.78 is 1.75.